The third kappa shape index (κ3) is 4.18. The van der Waals surface area contributed by atoms with Crippen LogP contribution in [0.4, 0.5) is 5.95 Å². The second-order valence-corrected chi connectivity index (χ2v) is 4.76. The summed E-state index contributed by atoms with van der Waals surface area (Å²) in [5.41, 5.74) is 1.25. The Bertz CT molecular complexity index is 490. The molecular weight excluding hydrogens is 272 g/mol. The smallest absolute Gasteiger partial charge is 0.226 e. The van der Waals surface area contributed by atoms with E-state index in [9.17, 15) is 0 Å². The number of nitrogens with zero attached hydrogens (tertiary/aromatic N) is 4. The average Bonchev–Trinajstić information content (AvgIpc) is 2.46. The highest BCUT2D eigenvalue weighted by molar-refractivity contribution is 5.85. The first-order valence-corrected chi connectivity index (χ1v) is 6.42. The molecule has 2 aromatic rings. The van der Waals surface area contributed by atoms with Gasteiger partial charge in [-0.15, -0.1) is 12.4 Å². The molecule has 1 atom stereocenters. The van der Waals surface area contributed by atoms with Crippen LogP contribution in [0.5, 0.6) is 0 Å². The molecule has 0 saturated carbocycles. The molecule has 4 nitrogen and oxygen atoms in total. The van der Waals surface area contributed by atoms with E-state index in [0.717, 1.165) is 12.5 Å². The van der Waals surface area contributed by atoms with Crippen LogP contribution >= 0.6 is 12.4 Å². The van der Waals surface area contributed by atoms with Crippen molar-refractivity contribution in [3.63, 3.8) is 0 Å². The lowest BCUT2D eigenvalue weighted by Gasteiger charge is -2.33. The molecule has 0 amide bonds. The molecule has 0 aliphatic rings. The first kappa shape index (κ1) is 16.4. The standard InChI is InChI=1S/C15H20N4.ClH/c1-13(18(2)3)19(15-16-10-7-11-17-15)12-14-8-5-4-6-9-14;/h4-11,13H,12H2,1-3H3;1H. The molecule has 0 N–H and O–H groups in total. The zero-order valence-electron chi connectivity index (χ0n) is 12.1. The predicted molar refractivity (Wildman–Crippen MR) is 85.1 cm³/mol. The van der Waals surface area contributed by atoms with E-state index < -0.39 is 0 Å². The van der Waals surface area contributed by atoms with E-state index >= 15 is 0 Å². The molecule has 2 rings (SSSR count). The van der Waals surface area contributed by atoms with Crippen LogP contribution in [0.25, 0.3) is 0 Å². The van der Waals surface area contributed by atoms with Crippen molar-refractivity contribution in [1.82, 2.24) is 14.9 Å². The van der Waals surface area contributed by atoms with Crippen LogP contribution in [0.2, 0.25) is 0 Å². The van der Waals surface area contributed by atoms with Gasteiger partial charge in [-0.25, -0.2) is 9.97 Å². The minimum absolute atomic E-state index is 0. The van der Waals surface area contributed by atoms with E-state index in [1.165, 1.54) is 5.56 Å². The number of hydrogen-bond acceptors (Lipinski definition) is 4. The minimum Gasteiger partial charge on any atom is -0.321 e. The van der Waals surface area contributed by atoms with Crippen molar-refractivity contribution in [2.75, 3.05) is 19.0 Å². The Morgan fingerprint density at radius 1 is 1.00 bits per heavy atom. The highest BCUT2D eigenvalue weighted by Crippen LogP contribution is 2.15. The number of benzene rings is 1. The van der Waals surface area contributed by atoms with Crippen molar-refractivity contribution in [3.05, 3.63) is 54.4 Å². The molecule has 5 heteroatoms. The molecule has 108 valence electrons. The first-order valence-electron chi connectivity index (χ1n) is 6.42. The maximum absolute atomic E-state index is 4.37. The van der Waals surface area contributed by atoms with E-state index in [4.69, 9.17) is 0 Å². The highest BCUT2D eigenvalue weighted by Gasteiger charge is 2.18. The molecule has 1 aromatic heterocycles. The number of aromatic nitrogens is 2. The van der Waals surface area contributed by atoms with Crippen LogP contribution in [0.3, 0.4) is 0 Å². The Hall–Kier alpha value is -1.65. The van der Waals surface area contributed by atoms with E-state index in [0.29, 0.717) is 0 Å². The fourth-order valence-corrected chi connectivity index (χ4v) is 1.87. The Morgan fingerprint density at radius 3 is 2.15 bits per heavy atom. The second kappa shape index (κ2) is 7.82. The zero-order chi connectivity index (χ0) is 13.7. The van der Waals surface area contributed by atoms with Crippen molar-refractivity contribution in [2.45, 2.75) is 19.6 Å². The van der Waals surface area contributed by atoms with Gasteiger partial charge in [-0.05, 0) is 32.6 Å². The zero-order valence-corrected chi connectivity index (χ0v) is 12.9. The van der Waals surface area contributed by atoms with Crippen molar-refractivity contribution < 1.29 is 0 Å². The topological polar surface area (TPSA) is 32.3 Å². The fraction of sp³-hybridized carbons (Fsp3) is 0.333. The number of rotatable bonds is 5. The summed E-state index contributed by atoms with van der Waals surface area (Å²) in [5.74, 6) is 0.757. The molecule has 0 saturated heterocycles. The summed E-state index contributed by atoms with van der Waals surface area (Å²) in [6.45, 7) is 2.95. The summed E-state index contributed by atoms with van der Waals surface area (Å²) in [6.07, 6.45) is 3.79. The maximum atomic E-state index is 4.37. The molecule has 0 radical (unpaired) electrons. The molecule has 20 heavy (non-hydrogen) atoms. The second-order valence-electron chi connectivity index (χ2n) is 4.76. The summed E-state index contributed by atoms with van der Waals surface area (Å²) < 4.78 is 0. The third-order valence-electron chi connectivity index (χ3n) is 3.20. The Labute approximate surface area is 126 Å². The van der Waals surface area contributed by atoms with Crippen LogP contribution in [0.1, 0.15) is 12.5 Å². The van der Waals surface area contributed by atoms with Gasteiger partial charge >= 0.3 is 0 Å². The Morgan fingerprint density at radius 2 is 1.60 bits per heavy atom. The van der Waals surface area contributed by atoms with Crippen LogP contribution in [0.15, 0.2) is 48.8 Å². The molecule has 1 heterocycles. The van der Waals surface area contributed by atoms with Crippen molar-refractivity contribution in [3.8, 4) is 0 Å². The first-order chi connectivity index (χ1) is 9.18. The minimum atomic E-state index is 0. The largest absolute Gasteiger partial charge is 0.321 e. The normalized spacial score (nSPS) is 11.8. The lowest BCUT2D eigenvalue weighted by atomic mass is 10.2. The van der Waals surface area contributed by atoms with Gasteiger partial charge in [0, 0.05) is 18.9 Å². The maximum Gasteiger partial charge on any atom is 0.226 e. The van der Waals surface area contributed by atoms with Crippen LogP contribution in [-0.4, -0.2) is 35.1 Å². The van der Waals surface area contributed by atoms with Gasteiger partial charge in [0.1, 0.15) is 0 Å². The van der Waals surface area contributed by atoms with Crippen molar-refractivity contribution >= 4 is 18.4 Å². The third-order valence-corrected chi connectivity index (χ3v) is 3.20. The summed E-state index contributed by atoms with van der Waals surface area (Å²) in [4.78, 5) is 13.1. The van der Waals surface area contributed by atoms with Crippen molar-refractivity contribution in [1.29, 1.82) is 0 Å². The van der Waals surface area contributed by atoms with Gasteiger partial charge in [-0.2, -0.15) is 0 Å². The van der Waals surface area contributed by atoms with Gasteiger partial charge in [-0.3, -0.25) is 4.90 Å². The summed E-state index contributed by atoms with van der Waals surface area (Å²) >= 11 is 0. The van der Waals surface area contributed by atoms with E-state index in [1.807, 2.05) is 12.1 Å². The van der Waals surface area contributed by atoms with Crippen molar-refractivity contribution in [2.24, 2.45) is 0 Å². The van der Waals surface area contributed by atoms with E-state index in [2.05, 4.69) is 65.1 Å². The monoisotopic (exact) mass is 292 g/mol. The number of anilines is 1. The number of halogens is 1. The van der Waals surface area contributed by atoms with Gasteiger partial charge in [0.05, 0.1) is 6.17 Å². The molecule has 0 bridgehead atoms. The fourth-order valence-electron chi connectivity index (χ4n) is 1.87. The van der Waals surface area contributed by atoms with Gasteiger partial charge in [0.25, 0.3) is 0 Å². The summed E-state index contributed by atoms with van der Waals surface area (Å²) in [6, 6.07) is 12.2. The number of hydrogen-bond donors (Lipinski definition) is 0. The molecular formula is C15H21ClN4. The van der Waals surface area contributed by atoms with Gasteiger partial charge in [0.15, 0.2) is 0 Å². The molecule has 0 fully saturated rings. The SMILES string of the molecule is CC(N(C)C)N(Cc1ccccc1)c1ncccn1.Cl. The quantitative estimate of drug-likeness (QED) is 0.793. The predicted octanol–water partition coefficient (Wildman–Crippen LogP) is 2.81. The lowest BCUT2D eigenvalue weighted by Crippen LogP contribution is -2.43. The molecule has 1 unspecified atom stereocenters. The Balaban J connectivity index is 0.00000200. The molecule has 1 aromatic carbocycles. The van der Waals surface area contributed by atoms with E-state index in [1.54, 1.807) is 12.4 Å². The van der Waals surface area contributed by atoms with Crippen LogP contribution in [-0.2, 0) is 6.54 Å². The van der Waals surface area contributed by atoms with E-state index in [-0.39, 0.29) is 18.6 Å². The average molecular weight is 293 g/mol. The van der Waals surface area contributed by atoms with Crippen LogP contribution < -0.4 is 4.90 Å². The molecule has 0 spiro atoms. The van der Waals surface area contributed by atoms with Gasteiger partial charge < -0.3 is 4.90 Å². The molecule has 0 aliphatic carbocycles. The lowest BCUT2D eigenvalue weighted by molar-refractivity contribution is 0.297. The highest BCUT2D eigenvalue weighted by atomic mass is 35.5. The van der Waals surface area contributed by atoms with Gasteiger partial charge in [-0.1, -0.05) is 30.3 Å². The molecule has 0 aliphatic heterocycles. The van der Waals surface area contributed by atoms with Crippen LogP contribution in [0, 0.1) is 0 Å². The Kier molecular flexibility index (Phi) is 6.42. The summed E-state index contributed by atoms with van der Waals surface area (Å²) in [7, 11) is 4.12. The summed E-state index contributed by atoms with van der Waals surface area (Å²) in [5, 5.41) is 0. The van der Waals surface area contributed by atoms with Gasteiger partial charge in [0.2, 0.25) is 5.95 Å².